The zero-order valence-corrected chi connectivity index (χ0v) is 9.62. The lowest BCUT2D eigenvalue weighted by Gasteiger charge is -2.23. The minimum Gasteiger partial charge on any atom is -0.467 e. The Labute approximate surface area is 94.7 Å². The molecular weight excluding hydrogens is 212 g/mol. The molecule has 16 heavy (non-hydrogen) atoms. The van der Waals surface area contributed by atoms with Gasteiger partial charge in [0.05, 0.1) is 20.3 Å². The molecule has 0 spiro atoms. The van der Waals surface area contributed by atoms with Crippen LogP contribution in [0.3, 0.4) is 0 Å². The molecule has 1 heterocycles. The SMILES string of the molecule is COC(=O)[C@H](C)NC(=O)CC1COCCN1. The van der Waals surface area contributed by atoms with Gasteiger partial charge in [0.25, 0.3) is 0 Å². The number of amides is 1. The number of morpholine rings is 1. The van der Waals surface area contributed by atoms with Crippen LogP contribution in [0, 0.1) is 0 Å². The van der Waals surface area contributed by atoms with E-state index in [9.17, 15) is 9.59 Å². The number of carbonyl (C=O) groups is 2. The van der Waals surface area contributed by atoms with Gasteiger partial charge in [0.2, 0.25) is 5.91 Å². The zero-order chi connectivity index (χ0) is 12.0. The van der Waals surface area contributed by atoms with Gasteiger partial charge in [0.15, 0.2) is 0 Å². The Balaban J connectivity index is 2.26. The number of hydrogen-bond donors (Lipinski definition) is 2. The van der Waals surface area contributed by atoms with Gasteiger partial charge in [-0.05, 0) is 6.92 Å². The van der Waals surface area contributed by atoms with E-state index in [1.165, 1.54) is 7.11 Å². The van der Waals surface area contributed by atoms with Crippen molar-refractivity contribution in [3.63, 3.8) is 0 Å². The van der Waals surface area contributed by atoms with Crippen LogP contribution in [0.1, 0.15) is 13.3 Å². The summed E-state index contributed by atoms with van der Waals surface area (Å²) in [4.78, 5) is 22.6. The molecule has 1 aliphatic heterocycles. The number of ether oxygens (including phenoxy) is 2. The van der Waals surface area contributed by atoms with E-state index < -0.39 is 12.0 Å². The van der Waals surface area contributed by atoms with Crippen LogP contribution in [0.15, 0.2) is 0 Å². The topological polar surface area (TPSA) is 76.7 Å². The smallest absolute Gasteiger partial charge is 0.328 e. The molecule has 0 saturated carbocycles. The maximum atomic E-state index is 11.5. The highest BCUT2D eigenvalue weighted by atomic mass is 16.5. The van der Waals surface area contributed by atoms with E-state index in [4.69, 9.17) is 4.74 Å². The van der Waals surface area contributed by atoms with E-state index >= 15 is 0 Å². The van der Waals surface area contributed by atoms with Gasteiger partial charge >= 0.3 is 5.97 Å². The van der Waals surface area contributed by atoms with Crippen molar-refractivity contribution in [1.82, 2.24) is 10.6 Å². The lowest BCUT2D eigenvalue weighted by molar-refractivity contribution is -0.144. The molecule has 92 valence electrons. The van der Waals surface area contributed by atoms with Crippen molar-refractivity contribution in [3.05, 3.63) is 0 Å². The predicted octanol–water partition coefficient (Wildman–Crippen LogP) is -0.957. The molecule has 0 bridgehead atoms. The van der Waals surface area contributed by atoms with E-state index in [1.807, 2.05) is 0 Å². The van der Waals surface area contributed by atoms with Gasteiger partial charge in [-0.25, -0.2) is 4.79 Å². The van der Waals surface area contributed by atoms with Crippen LogP contribution in [0.4, 0.5) is 0 Å². The monoisotopic (exact) mass is 230 g/mol. The standard InChI is InChI=1S/C10H18N2O4/c1-7(10(14)15-2)12-9(13)5-8-6-16-4-3-11-8/h7-8,11H,3-6H2,1-2H3,(H,12,13)/t7-,8?/m0/s1. The molecule has 0 aromatic carbocycles. The number of esters is 1. The van der Waals surface area contributed by atoms with Crippen molar-refractivity contribution in [1.29, 1.82) is 0 Å². The van der Waals surface area contributed by atoms with Gasteiger partial charge in [-0.15, -0.1) is 0 Å². The van der Waals surface area contributed by atoms with E-state index in [1.54, 1.807) is 6.92 Å². The summed E-state index contributed by atoms with van der Waals surface area (Å²) in [7, 11) is 1.29. The molecule has 0 aromatic heterocycles. The first kappa shape index (κ1) is 12.9. The number of rotatable bonds is 4. The maximum Gasteiger partial charge on any atom is 0.328 e. The van der Waals surface area contributed by atoms with Crippen LogP contribution < -0.4 is 10.6 Å². The predicted molar refractivity (Wildman–Crippen MR) is 56.8 cm³/mol. The molecule has 6 nitrogen and oxygen atoms in total. The Morgan fingerprint density at radius 1 is 1.62 bits per heavy atom. The van der Waals surface area contributed by atoms with Gasteiger partial charge in [0, 0.05) is 19.0 Å². The van der Waals surface area contributed by atoms with Crippen LogP contribution in [0.25, 0.3) is 0 Å². The van der Waals surface area contributed by atoms with E-state index in [2.05, 4.69) is 15.4 Å². The molecule has 2 atom stereocenters. The van der Waals surface area contributed by atoms with Gasteiger partial charge < -0.3 is 20.1 Å². The fraction of sp³-hybridized carbons (Fsp3) is 0.800. The number of hydrogen-bond acceptors (Lipinski definition) is 5. The summed E-state index contributed by atoms with van der Waals surface area (Å²) in [6, 6.07) is -0.583. The summed E-state index contributed by atoms with van der Waals surface area (Å²) in [5.41, 5.74) is 0. The molecule has 1 amide bonds. The molecule has 6 heteroatoms. The molecular formula is C10H18N2O4. The summed E-state index contributed by atoms with van der Waals surface area (Å²) < 4.78 is 9.73. The fourth-order valence-electron chi connectivity index (χ4n) is 1.51. The van der Waals surface area contributed by atoms with Crippen molar-refractivity contribution in [2.45, 2.75) is 25.4 Å². The van der Waals surface area contributed by atoms with Crippen molar-refractivity contribution in [3.8, 4) is 0 Å². The second-order valence-corrected chi connectivity index (χ2v) is 3.74. The minimum absolute atomic E-state index is 0.0265. The summed E-state index contributed by atoms with van der Waals surface area (Å²) in [5.74, 6) is -0.623. The maximum absolute atomic E-state index is 11.5. The lowest BCUT2D eigenvalue weighted by Crippen LogP contribution is -2.46. The van der Waals surface area contributed by atoms with Crippen LogP contribution in [-0.4, -0.2) is 50.8 Å². The molecule has 1 fully saturated rings. The van der Waals surface area contributed by atoms with E-state index in [0.717, 1.165) is 6.54 Å². The van der Waals surface area contributed by atoms with Gasteiger partial charge in [-0.1, -0.05) is 0 Å². The first-order valence-corrected chi connectivity index (χ1v) is 5.31. The van der Waals surface area contributed by atoms with Crippen molar-refractivity contribution < 1.29 is 19.1 Å². The average molecular weight is 230 g/mol. The number of carbonyl (C=O) groups excluding carboxylic acids is 2. The second kappa shape index (κ2) is 6.44. The molecule has 2 N–H and O–H groups in total. The van der Waals surface area contributed by atoms with Crippen molar-refractivity contribution >= 4 is 11.9 Å². The van der Waals surface area contributed by atoms with Crippen molar-refractivity contribution in [2.24, 2.45) is 0 Å². The summed E-state index contributed by atoms with van der Waals surface area (Å²) >= 11 is 0. The summed E-state index contributed by atoms with van der Waals surface area (Å²) in [6.07, 6.45) is 0.307. The number of nitrogens with one attached hydrogen (secondary N) is 2. The largest absolute Gasteiger partial charge is 0.467 e. The Kier molecular flexibility index (Phi) is 5.21. The van der Waals surface area contributed by atoms with Gasteiger partial charge in [-0.2, -0.15) is 0 Å². The first-order valence-electron chi connectivity index (χ1n) is 5.31. The fourth-order valence-corrected chi connectivity index (χ4v) is 1.51. The molecule has 0 aliphatic carbocycles. The molecule has 0 aromatic rings. The molecule has 1 rings (SSSR count). The van der Waals surface area contributed by atoms with Crippen LogP contribution in [0.2, 0.25) is 0 Å². The van der Waals surface area contributed by atoms with E-state index in [-0.39, 0.29) is 11.9 Å². The molecule has 1 aliphatic rings. The Morgan fingerprint density at radius 3 is 2.94 bits per heavy atom. The third kappa shape index (κ3) is 4.16. The first-order chi connectivity index (χ1) is 7.63. The van der Waals surface area contributed by atoms with Crippen molar-refractivity contribution in [2.75, 3.05) is 26.9 Å². The van der Waals surface area contributed by atoms with E-state index in [0.29, 0.717) is 19.6 Å². The minimum atomic E-state index is -0.609. The molecule has 1 unspecified atom stereocenters. The second-order valence-electron chi connectivity index (χ2n) is 3.74. The Hall–Kier alpha value is -1.14. The summed E-state index contributed by atoms with van der Waals surface area (Å²) in [5, 5.41) is 5.73. The quantitative estimate of drug-likeness (QED) is 0.608. The normalized spacial score (nSPS) is 22.2. The highest BCUT2D eigenvalue weighted by molar-refractivity contribution is 5.84. The highest BCUT2D eigenvalue weighted by Gasteiger charge is 2.20. The van der Waals surface area contributed by atoms with Crippen LogP contribution in [0.5, 0.6) is 0 Å². The van der Waals surface area contributed by atoms with Crippen LogP contribution >= 0.6 is 0 Å². The Morgan fingerprint density at radius 2 is 2.38 bits per heavy atom. The van der Waals surface area contributed by atoms with Gasteiger partial charge in [0.1, 0.15) is 6.04 Å². The van der Waals surface area contributed by atoms with Gasteiger partial charge in [-0.3, -0.25) is 4.79 Å². The third-order valence-electron chi connectivity index (χ3n) is 2.36. The molecule has 0 radical (unpaired) electrons. The third-order valence-corrected chi connectivity index (χ3v) is 2.36. The zero-order valence-electron chi connectivity index (χ0n) is 9.62. The Bertz CT molecular complexity index is 251. The lowest BCUT2D eigenvalue weighted by atomic mass is 10.2. The number of methoxy groups -OCH3 is 1. The summed E-state index contributed by atoms with van der Waals surface area (Å²) in [6.45, 7) is 3.55. The van der Waals surface area contributed by atoms with Crippen LogP contribution in [-0.2, 0) is 19.1 Å². The average Bonchev–Trinajstić information content (AvgIpc) is 2.29. The molecule has 1 saturated heterocycles. The highest BCUT2D eigenvalue weighted by Crippen LogP contribution is 1.99.